The molecule has 0 aliphatic carbocycles. The van der Waals surface area contributed by atoms with Gasteiger partial charge in [0, 0.05) is 31.9 Å². The van der Waals surface area contributed by atoms with Gasteiger partial charge in [0.05, 0.1) is 11.7 Å². The van der Waals surface area contributed by atoms with E-state index in [0.29, 0.717) is 37.2 Å². The third-order valence-corrected chi connectivity index (χ3v) is 3.86. The molecule has 1 aromatic heterocycles. The van der Waals surface area contributed by atoms with Crippen molar-refractivity contribution in [1.29, 1.82) is 0 Å². The van der Waals surface area contributed by atoms with Crippen LogP contribution < -0.4 is 0 Å². The number of amides is 1. The fourth-order valence-corrected chi connectivity index (χ4v) is 2.69. The number of aryl methyl sites for hydroxylation is 1. The molecule has 1 aromatic carbocycles. The molecule has 3 rings (SSSR count). The van der Waals surface area contributed by atoms with E-state index in [1.807, 2.05) is 37.4 Å². The van der Waals surface area contributed by atoms with Crippen molar-refractivity contribution in [1.82, 2.24) is 14.7 Å². The van der Waals surface area contributed by atoms with Crippen molar-refractivity contribution in [3.63, 3.8) is 0 Å². The minimum Gasteiger partial charge on any atom is -0.393 e. The lowest BCUT2D eigenvalue weighted by molar-refractivity contribution is 0.0547. The summed E-state index contributed by atoms with van der Waals surface area (Å²) in [5.41, 5.74) is 2.29. The molecule has 5 nitrogen and oxygen atoms in total. The van der Waals surface area contributed by atoms with Gasteiger partial charge in [0.1, 0.15) is 5.69 Å². The first-order valence-corrected chi connectivity index (χ1v) is 7.21. The van der Waals surface area contributed by atoms with E-state index in [1.165, 1.54) is 0 Å². The highest BCUT2D eigenvalue weighted by atomic mass is 16.3. The van der Waals surface area contributed by atoms with Crippen LogP contribution in [-0.2, 0) is 7.05 Å². The van der Waals surface area contributed by atoms with Gasteiger partial charge in [-0.25, -0.2) is 0 Å². The van der Waals surface area contributed by atoms with Crippen LogP contribution in [0.15, 0.2) is 36.5 Å². The van der Waals surface area contributed by atoms with Gasteiger partial charge in [0.15, 0.2) is 0 Å². The Labute approximate surface area is 123 Å². The zero-order chi connectivity index (χ0) is 14.8. The molecule has 1 aliphatic rings. The maximum Gasteiger partial charge on any atom is 0.257 e. The van der Waals surface area contributed by atoms with Crippen molar-refractivity contribution < 1.29 is 9.90 Å². The van der Waals surface area contributed by atoms with Crippen LogP contribution in [0, 0.1) is 0 Å². The highest BCUT2D eigenvalue weighted by Gasteiger charge is 2.26. The third kappa shape index (κ3) is 2.83. The van der Waals surface area contributed by atoms with Gasteiger partial charge < -0.3 is 10.0 Å². The minimum absolute atomic E-state index is 0.00569. The Morgan fingerprint density at radius 1 is 1.24 bits per heavy atom. The van der Waals surface area contributed by atoms with Gasteiger partial charge in [-0.15, -0.1) is 0 Å². The number of hydrogen-bond donors (Lipinski definition) is 1. The molecule has 1 saturated heterocycles. The number of piperidine rings is 1. The Morgan fingerprint density at radius 2 is 1.90 bits per heavy atom. The van der Waals surface area contributed by atoms with Gasteiger partial charge >= 0.3 is 0 Å². The van der Waals surface area contributed by atoms with Crippen molar-refractivity contribution in [2.75, 3.05) is 13.1 Å². The van der Waals surface area contributed by atoms with Crippen LogP contribution in [0.2, 0.25) is 0 Å². The molecule has 5 heteroatoms. The van der Waals surface area contributed by atoms with Gasteiger partial charge in [-0.3, -0.25) is 9.48 Å². The maximum atomic E-state index is 12.7. The first kappa shape index (κ1) is 13.8. The summed E-state index contributed by atoms with van der Waals surface area (Å²) in [4.78, 5) is 14.5. The predicted octanol–water partition coefficient (Wildman–Crippen LogP) is 1.68. The average molecular weight is 285 g/mol. The topological polar surface area (TPSA) is 58.4 Å². The summed E-state index contributed by atoms with van der Waals surface area (Å²) >= 11 is 0. The summed E-state index contributed by atoms with van der Waals surface area (Å²) in [6, 6.07) is 9.74. The molecule has 0 atom stereocenters. The summed E-state index contributed by atoms with van der Waals surface area (Å²) < 4.78 is 1.67. The van der Waals surface area contributed by atoms with Crippen molar-refractivity contribution in [2.45, 2.75) is 18.9 Å². The van der Waals surface area contributed by atoms with E-state index in [-0.39, 0.29) is 12.0 Å². The smallest absolute Gasteiger partial charge is 0.257 e. The minimum atomic E-state index is -0.281. The molecule has 2 heterocycles. The number of aromatic nitrogens is 2. The van der Waals surface area contributed by atoms with Crippen molar-refractivity contribution in [3.05, 3.63) is 42.1 Å². The maximum absolute atomic E-state index is 12.7. The Morgan fingerprint density at radius 3 is 2.57 bits per heavy atom. The Balaban J connectivity index is 1.90. The normalized spacial score (nSPS) is 16.2. The number of rotatable bonds is 2. The Bertz CT molecular complexity index is 628. The second-order valence-corrected chi connectivity index (χ2v) is 5.45. The van der Waals surface area contributed by atoms with Crippen molar-refractivity contribution in [2.24, 2.45) is 7.05 Å². The number of likely N-dealkylation sites (tertiary alicyclic amines) is 1. The molecule has 1 fully saturated rings. The molecule has 2 aromatic rings. The SMILES string of the molecule is Cn1cc(C(=O)N2CCC(O)CC2)c(-c2ccccc2)n1. The molecule has 0 radical (unpaired) electrons. The van der Waals surface area contributed by atoms with Gasteiger partial charge in [0.2, 0.25) is 0 Å². The van der Waals surface area contributed by atoms with Gasteiger partial charge in [-0.2, -0.15) is 5.10 Å². The highest BCUT2D eigenvalue weighted by molar-refractivity contribution is 5.99. The lowest BCUT2D eigenvalue weighted by Gasteiger charge is -2.29. The number of aliphatic hydroxyl groups is 1. The van der Waals surface area contributed by atoms with Gasteiger partial charge in [0.25, 0.3) is 5.91 Å². The molecule has 1 N–H and O–H groups in total. The number of carbonyl (C=O) groups is 1. The number of carbonyl (C=O) groups excluding carboxylic acids is 1. The molecule has 110 valence electrons. The van der Waals surface area contributed by atoms with E-state index in [9.17, 15) is 9.90 Å². The van der Waals surface area contributed by atoms with Crippen LogP contribution in [0.5, 0.6) is 0 Å². The Kier molecular flexibility index (Phi) is 3.75. The van der Waals surface area contributed by atoms with E-state index in [2.05, 4.69) is 5.10 Å². The van der Waals surface area contributed by atoms with E-state index < -0.39 is 0 Å². The highest BCUT2D eigenvalue weighted by Crippen LogP contribution is 2.24. The molecule has 21 heavy (non-hydrogen) atoms. The van der Waals surface area contributed by atoms with E-state index in [0.717, 1.165) is 5.56 Å². The van der Waals surface area contributed by atoms with Gasteiger partial charge in [-0.05, 0) is 12.8 Å². The zero-order valence-electron chi connectivity index (χ0n) is 12.1. The van der Waals surface area contributed by atoms with Crippen LogP contribution >= 0.6 is 0 Å². The summed E-state index contributed by atoms with van der Waals surface area (Å²) in [5.74, 6) is -0.00569. The van der Waals surface area contributed by atoms with Crippen molar-refractivity contribution >= 4 is 5.91 Å². The van der Waals surface area contributed by atoms with E-state index >= 15 is 0 Å². The fraction of sp³-hybridized carbons (Fsp3) is 0.375. The quantitative estimate of drug-likeness (QED) is 0.913. The first-order valence-electron chi connectivity index (χ1n) is 7.21. The van der Waals surface area contributed by atoms with Crippen LogP contribution in [0.3, 0.4) is 0 Å². The molecule has 1 amide bonds. The van der Waals surface area contributed by atoms with Crippen molar-refractivity contribution in [3.8, 4) is 11.3 Å². The molecule has 0 spiro atoms. The molecular weight excluding hydrogens is 266 g/mol. The third-order valence-electron chi connectivity index (χ3n) is 3.86. The number of benzene rings is 1. The standard InChI is InChI=1S/C16H19N3O2/c1-18-11-14(15(17-18)12-5-3-2-4-6-12)16(21)19-9-7-13(20)8-10-19/h2-6,11,13,20H,7-10H2,1H3. The molecule has 0 saturated carbocycles. The predicted molar refractivity (Wildman–Crippen MR) is 79.8 cm³/mol. The first-order chi connectivity index (χ1) is 10.1. The van der Waals surface area contributed by atoms with Crippen LogP contribution in [0.1, 0.15) is 23.2 Å². The monoisotopic (exact) mass is 285 g/mol. The number of aliphatic hydroxyl groups excluding tert-OH is 1. The van der Waals surface area contributed by atoms with Crippen LogP contribution in [-0.4, -0.2) is 44.9 Å². The van der Waals surface area contributed by atoms with Crippen LogP contribution in [0.4, 0.5) is 0 Å². The second-order valence-electron chi connectivity index (χ2n) is 5.45. The summed E-state index contributed by atoms with van der Waals surface area (Å²) in [6.45, 7) is 1.20. The summed E-state index contributed by atoms with van der Waals surface area (Å²) in [7, 11) is 1.82. The van der Waals surface area contributed by atoms with E-state index in [1.54, 1.807) is 15.8 Å². The second kappa shape index (κ2) is 5.69. The van der Waals surface area contributed by atoms with E-state index in [4.69, 9.17) is 0 Å². The average Bonchev–Trinajstić information content (AvgIpc) is 2.90. The largest absolute Gasteiger partial charge is 0.393 e. The van der Waals surface area contributed by atoms with Crippen LogP contribution in [0.25, 0.3) is 11.3 Å². The fourth-order valence-electron chi connectivity index (χ4n) is 2.69. The number of hydrogen-bond acceptors (Lipinski definition) is 3. The molecule has 0 bridgehead atoms. The summed E-state index contributed by atoms with van der Waals surface area (Å²) in [6.07, 6.45) is 2.78. The van der Waals surface area contributed by atoms with Gasteiger partial charge in [-0.1, -0.05) is 30.3 Å². The molecular formula is C16H19N3O2. The Hall–Kier alpha value is -2.14. The summed E-state index contributed by atoms with van der Waals surface area (Å²) in [5, 5.41) is 14.0. The lowest BCUT2D eigenvalue weighted by atomic mass is 10.0. The number of nitrogens with zero attached hydrogens (tertiary/aromatic N) is 3. The lowest BCUT2D eigenvalue weighted by Crippen LogP contribution is -2.40. The molecule has 1 aliphatic heterocycles. The zero-order valence-corrected chi connectivity index (χ0v) is 12.1. The molecule has 0 unspecified atom stereocenters.